The third-order valence-electron chi connectivity index (χ3n) is 5.88. The van der Waals surface area contributed by atoms with E-state index >= 15 is 0 Å². The number of anilines is 1. The normalized spacial score (nSPS) is 15.1. The number of hydrogen-bond acceptors (Lipinski definition) is 7. The van der Waals surface area contributed by atoms with Crippen LogP contribution in [0.4, 0.5) is 14.9 Å². The molecule has 1 aliphatic heterocycles. The van der Waals surface area contributed by atoms with Crippen LogP contribution in [0.5, 0.6) is 11.5 Å². The maximum absolute atomic E-state index is 14.9. The van der Waals surface area contributed by atoms with Crippen LogP contribution in [-0.2, 0) is 11.3 Å². The number of amides is 2. The Balaban J connectivity index is 1.28. The molecule has 1 saturated heterocycles. The standard InChI is InChI=1S/C27H28FN5O3S/c1-2-9-29-14-17-3-5-21(31-15-17)25-13-22-26(37-25)24(7-10-30-22)36-23-6-4-18(12-20(23)28)32-27(34)33-19-8-11-35-16-19/h3-7,10,12-13,15,19,29H,2,8-9,11,14,16H2,1H3,(H2,32,33,34)/t19-/m1/s1. The van der Waals surface area contributed by atoms with Crippen molar-refractivity contribution in [2.75, 3.05) is 25.1 Å². The van der Waals surface area contributed by atoms with Crippen molar-refractivity contribution < 1.29 is 18.7 Å². The van der Waals surface area contributed by atoms with Crippen LogP contribution in [0.25, 0.3) is 20.8 Å². The lowest BCUT2D eigenvalue weighted by Crippen LogP contribution is -2.38. The van der Waals surface area contributed by atoms with Gasteiger partial charge < -0.3 is 25.4 Å². The number of hydrogen-bond donors (Lipinski definition) is 3. The van der Waals surface area contributed by atoms with Crippen LogP contribution in [0.3, 0.4) is 0 Å². The fourth-order valence-corrected chi connectivity index (χ4v) is 5.03. The molecule has 2 amide bonds. The number of nitrogens with zero attached hydrogens (tertiary/aromatic N) is 2. The number of rotatable bonds is 9. The molecule has 0 saturated carbocycles. The van der Waals surface area contributed by atoms with Crippen molar-refractivity contribution in [1.29, 1.82) is 0 Å². The summed E-state index contributed by atoms with van der Waals surface area (Å²) in [5.41, 5.74) is 3.05. The van der Waals surface area contributed by atoms with Crippen molar-refractivity contribution in [3.63, 3.8) is 0 Å². The lowest BCUT2D eigenvalue weighted by molar-refractivity contribution is 0.189. The molecule has 0 radical (unpaired) electrons. The van der Waals surface area contributed by atoms with E-state index < -0.39 is 11.8 Å². The lowest BCUT2D eigenvalue weighted by Gasteiger charge is -2.13. The average molecular weight is 522 g/mol. The van der Waals surface area contributed by atoms with Crippen molar-refractivity contribution >= 4 is 33.3 Å². The summed E-state index contributed by atoms with van der Waals surface area (Å²) in [6.45, 7) is 5.00. The topological polar surface area (TPSA) is 97.4 Å². The molecule has 0 aliphatic carbocycles. The monoisotopic (exact) mass is 521 g/mol. The predicted octanol–water partition coefficient (Wildman–Crippen LogP) is 5.70. The van der Waals surface area contributed by atoms with E-state index in [4.69, 9.17) is 9.47 Å². The van der Waals surface area contributed by atoms with Crippen LogP contribution in [0.1, 0.15) is 25.3 Å². The molecule has 3 N–H and O–H groups in total. The summed E-state index contributed by atoms with van der Waals surface area (Å²) >= 11 is 1.49. The number of urea groups is 1. The second-order valence-electron chi connectivity index (χ2n) is 8.77. The lowest BCUT2D eigenvalue weighted by atomic mass is 10.2. The Morgan fingerprint density at radius 3 is 2.86 bits per heavy atom. The Hall–Kier alpha value is -3.60. The Morgan fingerprint density at radius 1 is 1.19 bits per heavy atom. The average Bonchev–Trinajstić information content (AvgIpc) is 3.57. The number of pyridine rings is 2. The number of carbonyl (C=O) groups excluding carboxylic acids is 1. The highest BCUT2D eigenvalue weighted by Gasteiger charge is 2.18. The molecule has 4 heterocycles. The minimum absolute atomic E-state index is 0.0341. The zero-order valence-electron chi connectivity index (χ0n) is 20.4. The SMILES string of the molecule is CCCNCc1ccc(-c2cc3nccc(Oc4ccc(NC(=O)N[C@@H]5CCOC5)cc4F)c3s2)nc1. The molecule has 3 aromatic heterocycles. The van der Waals surface area contributed by atoms with E-state index in [0.717, 1.165) is 52.3 Å². The molecule has 0 bridgehead atoms. The highest BCUT2D eigenvalue weighted by atomic mass is 32.1. The summed E-state index contributed by atoms with van der Waals surface area (Å²) in [6, 6.07) is 11.6. The second-order valence-corrected chi connectivity index (χ2v) is 9.82. The van der Waals surface area contributed by atoms with E-state index in [2.05, 4.69) is 38.9 Å². The predicted molar refractivity (Wildman–Crippen MR) is 143 cm³/mol. The van der Waals surface area contributed by atoms with Gasteiger partial charge in [-0.1, -0.05) is 13.0 Å². The number of carbonyl (C=O) groups is 1. The zero-order chi connectivity index (χ0) is 25.6. The molecule has 0 unspecified atom stereocenters. The van der Waals surface area contributed by atoms with Crippen molar-refractivity contribution in [2.24, 2.45) is 0 Å². The first-order chi connectivity index (χ1) is 18.1. The first kappa shape index (κ1) is 25.1. The van der Waals surface area contributed by atoms with Crippen molar-refractivity contribution in [2.45, 2.75) is 32.4 Å². The van der Waals surface area contributed by atoms with Crippen molar-refractivity contribution in [1.82, 2.24) is 20.6 Å². The molecular weight excluding hydrogens is 493 g/mol. The van der Waals surface area contributed by atoms with E-state index in [0.29, 0.717) is 24.7 Å². The minimum atomic E-state index is -0.585. The molecule has 10 heteroatoms. The van der Waals surface area contributed by atoms with Crippen LogP contribution in [0, 0.1) is 5.82 Å². The molecule has 1 atom stereocenters. The molecule has 1 aromatic carbocycles. The Morgan fingerprint density at radius 2 is 2.11 bits per heavy atom. The van der Waals surface area contributed by atoms with Crippen LogP contribution >= 0.6 is 11.3 Å². The molecule has 4 aromatic rings. The van der Waals surface area contributed by atoms with Crippen molar-refractivity contribution in [3.8, 4) is 22.1 Å². The summed E-state index contributed by atoms with van der Waals surface area (Å²) in [5.74, 6) is -0.0300. The molecule has 1 fully saturated rings. The largest absolute Gasteiger partial charge is 0.453 e. The number of thiophene rings is 1. The third-order valence-corrected chi connectivity index (χ3v) is 7.04. The summed E-state index contributed by atoms with van der Waals surface area (Å²) in [6.07, 6.45) is 5.36. The Kier molecular flexibility index (Phi) is 7.88. The van der Waals surface area contributed by atoms with Gasteiger partial charge in [-0.25, -0.2) is 9.18 Å². The summed E-state index contributed by atoms with van der Waals surface area (Å²) in [5, 5.41) is 8.83. The fraction of sp³-hybridized carbons (Fsp3) is 0.296. The highest BCUT2D eigenvalue weighted by molar-refractivity contribution is 7.22. The van der Waals surface area contributed by atoms with Gasteiger partial charge in [0.25, 0.3) is 0 Å². The van der Waals surface area contributed by atoms with E-state index in [1.54, 1.807) is 18.3 Å². The highest BCUT2D eigenvalue weighted by Crippen LogP contribution is 2.39. The Labute approximate surface area is 218 Å². The summed E-state index contributed by atoms with van der Waals surface area (Å²) in [4.78, 5) is 22.2. The van der Waals surface area contributed by atoms with Crippen LogP contribution in [0.2, 0.25) is 0 Å². The first-order valence-corrected chi connectivity index (χ1v) is 13.1. The van der Waals surface area contributed by atoms with Gasteiger partial charge in [-0.15, -0.1) is 11.3 Å². The van der Waals surface area contributed by atoms with E-state index in [1.807, 2.05) is 18.3 Å². The van der Waals surface area contributed by atoms with Gasteiger partial charge in [-0.3, -0.25) is 9.97 Å². The number of nitrogens with one attached hydrogen (secondary N) is 3. The van der Waals surface area contributed by atoms with Gasteiger partial charge >= 0.3 is 6.03 Å². The van der Waals surface area contributed by atoms with Gasteiger partial charge in [0, 0.05) is 43.4 Å². The molecule has 0 spiro atoms. The van der Waals surface area contributed by atoms with E-state index in [1.165, 1.54) is 23.5 Å². The zero-order valence-corrected chi connectivity index (χ0v) is 21.2. The van der Waals surface area contributed by atoms with Crippen molar-refractivity contribution in [3.05, 3.63) is 66.2 Å². The van der Waals surface area contributed by atoms with E-state index in [-0.39, 0.29) is 11.8 Å². The molecular formula is C27H28FN5O3S. The number of aromatic nitrogens is 2. The van der Waals surface area contributed by atoms with Crippen LogP contribution in [0.15, 0.2) is 54.9 Å². The van der Waals surface area contributed by atoms with Crippen LogP contribution < -0.4 is 20.7 Å². The number of benzene rings is 1. The minimum Gasteiger partial charge on any atom is -0.453 e. The maximum atomic E-state index is 14.9. The first-order valence-electron chi connectivity index (χ1n) is 12.3. The summed E-state index contributed by atoms with van der Waals surface area (Å²) in [7, 11) is 0. The number of ether oxygens (including phenoxy) is 2. The molecule has 8 nitrogen and oxygen atoms in total. The van der Waals surface area contributed by atoms with Gasteiger partial charge in [0.15, 0.2) is 11.6 Å². The quantitative estimate of drug-likeness (QED) is 0.245. The van der Waals surface area contributed by atoms with Gasteiger partial charge in [-0.05, 0) is 49.2 Å². The van der Waals surface area contributed by atoms with Gasteiger partial charge in [0.2, 0.25) is 0 Å². The van der Waals surface area contributed by atoms with Gasteiger partial charge in [0.1, 0.15) is 5.75 Å². The molecule has 1 aliphatic rings. The summed E-state index contributed by atoms with van der Waals surface area (Å²) < 4.78 is 26.8. The van der Waals surface area contributed by atoms with Gasteiger partial charge in [0.05, 0.1) is 33.4 Å². The second kappa shape index (κ2) is 11.6. The molecule has 192 valence electrons. The number of halogens is 1. The molecule has 5 rings (SSSR count). The maximum Gasteiger partial charge on any atom is 0.319 e. The van der Waals surface area contributed by atoms with Gasteiger partial charge in [-0.2, -0.15) is 0 Å². The smallest absolute Gasteiger partial charge is 0.319 e. The number of fused-ring (bicyclic) bond motifs is 1. The van der Waals surface area contributed by atoms with Crippen LogP contribution in [-0.4, -0.2) is 41.8 Å². The molecule has 37 heavy (non-hydrogen) atoms. The third kappa shape index (κ3) is 6.22. The Bertz CT molecular complexity index is 1370. The van der Waals surface area contributed by atoms with E-state index in [9.17, 15) is 9.18 Å². The fourth-order valence-electron chi connectivity index (χ4n) is 3.99.